The summed E-state index contributed by atoms with van der Waals surface area (Å²) in [5, 5.41) is 17.0. The molecule has 43 valence electrons. The van der Waals surface area contributed by atoms with Gasteiger partial charge in [0.25, 0.3) is 0 Å². The standard InChI is InChI=1S/C7H4NO/c8-5-6-2-1-3-7(9)4-6/h2-4,9H. The molecule has 0 aliphatic heterocycles. The van der Waals surface area contributed by atoms with Crippen LogP contribution in [-0.4, -0.2) is 5.11 Å². The Morgan fingerprint density at radius 3 is 2.78 bits per heavy atom. The Hall–Kier alpha value is -1.49. The lowest BCUT2D eigenvalue weighted by Gasteiger charge is -1.87. The van der Waals surface area contributed by atoms with Crippen LogP contribution in [0.5, 0.6) is 5.75 Å². The topological polar surface area (TPSA) is 44.0 Å². The minimum absolute atomic E-state index is 0.0778. The van der Waals surface area contributed by atoms with Crippen LogP contribution in [0.15, 0.2) is 18.2 Å². The van der Waals surface area contributed by atoms with Crippen LogP contribution in [-0.2, 0) is 0 Å². The number of nitrogens with zero attached hydrogens (tertiary/aromatic N) is 1. The van der Waals surface area contributed by atoms with Gasteiger partial charge in [-0.05, 0) is 24.3 Å². The maximum absolute atomic E-state index is 8.76. The zero-order valence-electron chi connectivity index (χ0n) is 4.63. The molecule has 0 unspecified atom stereocenters. The van der Waals surface area contributed by atoms with Gasteiger partial charge in [0.15, 0.2) is 0 Å². The summed E-state index contributed by atoms with van der Waals surface area (Å²) in [6.45, 7) is 0. The summed E-state index contributed by atoms with van der Waals surface area (Å²) in [6, 6.07) is 8.79. The number of phenolic OH excluding ortho intramolecular Hbond substituents is 1. The van der Waals surface area contributed by atoms with E-state index in [9.17, 15) is 0 Å². The molecule has 0 heterocycles. The highest BCUT2D eigenvalue weighted by Crippen LogP contribution is 2.08. The Morgan fingerprint density at radius 2 is 2.33 bits per heavy atom. The molecule has 0 aromatic heterocycles. The van der Waals surface area contributed by atoms with E-state index in [2.05, 4.69) is 6.07 Å². The molecule has 1 aromatic rings. The highest BCUT2D eigenvalue weighted by Gasteiger charge is 1.88. The predicted octanol–water partition coefficient (Wildman–Crippen LogP) is 1.06. The minimum atomic E-state index is 0.0778. The van der Waals surface area contributed by atoms with Gasteiger partial charge in [0.1, 0.15) is 5.75 Å². The van der Waals surface area contributed by atoms with Crippen LogP contribution in [0.4, 0.5) is 0 Å². The van der Waals surface area contributed by atoms with E-state index in [1.807, 2.05) is 6.07 Å². The molecule has 9 heavy (non-hydrogen) atoms. The van der Waals surface area contributed by atoms with E-state index in [0.717, 1.165) is 0 Å². The molecule has 1 radical (unpaired) electrons. The maximum Gasteiger partial charge on any atom is 0.117 e. The lowest BCUT2D eigenvalue weighted by Crippen LogP contribution is -1.70. The Kier molecular flexibility index (Phi) is 1.37. The molecule has 1 N–H and O–H groups in total. The summed E-state index contributed by atoms with van der Waals surface area (Å²) in [7, 11) is 0. The summed E-state index contributed by atoms with van der Waals surface area (Å²) in [5.41, 5.74) is 0.426. The van der Waals surface area contributed by atoms with Gasteiger partial charge in [-0.3, -0.25) is 0 Å². The second-order valence-electron chi connectivity index (χ2n) is 1.59. The number of phenols is 1. The number of benzene rings is 1. The van der Waals surface area contributed by atoms with E-state index in [0.29, 0.717) is 5.56 Å². The van der Waals surface area contributed by atoms with Gasteiger partial charge in [0.05, 0.1) is 11.6 Å². The number of hydrogen-bond donors (Lipinski definition) is 1. The van der Waals surface area contributed by atoms with Crippen LogP contribution in [0, 0.1) is 17.4 Å². The normalized spacial score (nSPS) is 8.33. The molecule has 2 nitrogen and oxygen atoms in total. The number of aromatic hydroxyl groups is 1. The molecule has 2 heteroatoms. The highest BCUT2D eigenvalue weighted by atomic mass is 16.3. The average Bonchev–Trinajstić information content (AvgIpc) is 1.88. The van der Waals surface area contributed by atoms with Crippen molar-refractivity contribution in [2.45, 2.75) is 0 Å². The SMILES string of the molecule is N#Cc1c[c]cc(O)c1. The lowest BCUT2D eigenvalue weighted by molar-refractivity contribution is 0.475. The fourth-order valence-electron chi connectivity index (χ4n) is 0.524. The maximum atomic E-state index is 8.76. The molecule has 0 spiro atoms. The monoisotopic (exact) mass is 118 g/mol. The first-order valence-corrected chi connectivity index (χ1v) is 2.43. The molecule has 0 aliphatic carbocycles. The predicted molar refractivity (Wildman–Crippen MR) is 31.7 cm³/mol. The summed E-state index contributed by atoms with van der Waals surface area (Å²) in [6.07, 6.45) is 0. The fraction of sp³-hybridized carbons (Fsp3) is 0. The Labute approximate surface area is 53.0 Å². The van der Waals surface area contributed by atoms with Gasteiger partial charge in [-0.2, -0.15) is 5.26 Å². The summed E-state index contributed by atoms with van der Waals surface area (Å²) < 4.78 is 0. The lowest BCUT2D eigenvalue weighted by atomic mass is 10.2. The summed E-state index contributed by atoms with van der Waals surface area (Å²) >= 11 is 0. The van der Waals surface area contributed by atoms with Crippen molar-refractivity contribution >= 4 is 0 Å². The Bertz CT molecular complexity index is 249. The molecular formula is C7H4NO. The van der Waals surface area contributed by atoms with Gasteiger partial charge in [0, 0.05) is 0 Å². The number of nitriles is 1. The van der Waals surface area contributed by atoms with Crippen LogP contribution >= 0.6 is 0 Å². The quantitative estimate of drug-likeness (QED) is 0.553. The van der Waals surface area contributed by atoms with Gasteiger partial charge >= 0.3 is 0 Å². The van der Waals surface area contributed by atoms with E-state index in [1.165, 1.54) is 18.2 Å². The Balaban J connectivity index is 3.12. The van der Waals surface area contributed by atoms with Crippen molar-refractivity contribution in [1.29, 1.82) is 5.26 Å². The molecule has 1 rings (SSSR count). The van der Waals surface area contributed by atoms with Crippen molar-refractivity contribution < 1.29 is 5.11 Å². The van der Waals surface area contributed by atoms with Crippen LogP contribution in [0.3, 0.4) is 0 Å². The molecule has 0 fully saturated rings. The minimum Gasteiger partial charge on any atom is -0.508 e. The van der Waals surface area contributed by atoms with E-state index < -0.39 is 0 Å². The zero-order chi connectivity index (χ0) is 6.69. The van der Waals surface area contributed by atoms with Gasteiger partial charge < -0.3 is 5.11 Å². The number of hydrogen-bond acceptors (Lipinski definition) is 2. The van der Waals surface area contributed by atoms with Crippen molar-refractivity contribution in [3.63, 3.8) is 0 Å². The number of rotatable bonds is 0. The van der Waals surface area contributed by atoms with Crippen molar-refractivity contribution in [2.75, 3.05) is 0 Å². The highest BCUT2D eigenvalue weighted by molar-refractivity contribution is 5.34. The van der Waals surface area contributed by atoms with Crippen LogP contribution in [0.2, 0.25) is 0 Å². The summed E-state index contributed by atoms with van der Waals surface area (Å²) in [4.78, 5) is 0. The molecule has 0 saturated carbocycles. The van der Waals surface area contributed by atoms with Crippen molar-refractivity contribution in [2.24, 2.45) is 0 Å². The van der Waals surface area contributed by atoms with Crippen molar-refractivity contribution in [1.82, 2.24) is 0 Å². The van der Waals surface area contributed by atoms with Gasteiger partial charge in [0.2, 0.25) is 0 Å². The largest absolute Gasteiger partial charge is 0.508 e. The third-order valence-electron chi connectivity index (χ3n) is 0.903. The van der Waals surface area contributed by atoms with E-state index >= 15 is 0 Å². The Morgan fingerprint density at radius 1 is 1.56 bits per heavy atom. The molecule has 0 atom stereocenters. The fourth-order valence-corrected chi connectivity index (χ4v) is 0.524. The third-order valence-corrected chi connectivity index (χ3v) is 0.903. The molecular weight excluding hydrogens is 114 g/mol. The second-order valence-corrected chi connectivity index (χ2v) is 1.59. The first kappa shape index (κ1) is 5.64. The van der Waals surface area contributed by atoms with Crippen molar-refractivity contribution in [3.8, 4) is 11.8 Å². The third kappa shape index (κ3) is 1.20. The van der Waals surface area contributed by atoms with Crippen molar-refractivity contribution in [3.05, 3.63) is 29.8 Å². The molecule has 0 amide bonds. The average molecular weight is 118 g/mol. The van der Waals surface area contributed by atoms with Crippen LogP contribution < -0.4 is 0 Å². The van der Waals surface area contributed by atoms with E-state index in [4.69, 9.17) is 10.4 Å². The van der Waals surface area contributed by atoms with E-state index in [-0.39, 0.29) is 5.75 Å². The summed E-state index contributed by atoms with van der Waals surface area (Å²) in [5.74, 6) is 0.0778. The molecule has 1 aromatic carbocycles. The second kappa shape index (κ2) is 2.19. The zero-order valence-corrected chi connectivity index (χ0v) is 4.63. The van der Waals surface area contributed by atoms with E-state index in [1.54, 1.807) is 0 Å². The molecule has 0 aliphatic rings. The molecule has 0 bridgehead atoms. The van der Waals surface area contributed by atoms with Crippen LogP contribution in [0.25, 0.3) is 0 Å². The van der Waals surface area contributed by atoms with Gasteiger partial charge in [-0.15, -0.1) is 0 Å². The first-order chi connectivity index (χ1) is 4.33. The molecule has 0 saturated heterocycles. The smallest absolute Gasteiger partial charge is 0.117 e. The van der Waals surface area contributed by atoms with Crippen LogP contribution in [0.1, 0.15) is 5.56 Å². The van der Waals surface area contributed by atoms with Gasteiger partial charge in [-0.1, -0.05) is 0 Å². The first-order valence-electron chi connectivity index (χ1n) is 2.43. The van der Waals surface area contributed by atoms with Gasteiger partial charge in [-0.25, -0.2) is 0 Å².